The summed E-state index contributed by atoms with van der Waals surface area (Å²) in [6, 6.07) is 21.3. The Bertz CT molecular complexity index is 1720. The Morgan fingerprint density at radius 3 is 2.20 bits per heavy atom. The molecule has 0 aliphatic carbocycles. The number of hydrogen-bond donors (Lipinski definition) is 4. The third-order valence-electron chi connectivity index (χ3n) is 6.85. The van der Waals surface area contributed by atoms with E-state index in [1.54, 1.807) is 24.3 Å². The number of halogens is 5. The molecule has 4 aromatic rings. The van der Waals surface area contributed by atoms with Gasteiger partial charge in [-0.2, -0.15) is 13.2 Å². The minimum atomic E-state index is -4.50. The minimum absolute atomic E-state index is 0.00821. The number of sulfonamides is 1. The predicted octanol–water partition coefficient (Wildman–Crippen LogP) is 5.47. The summed E-state index contributed by atoms with van der Waals surface area (Å²) >= 11 is 5.97. The molecule has 0 aliphatic rings. The second-order valence-electron chi connectivity index (χ2n) is 10.3. The van der Waals surface area contributed by atoms with Gasteiger partial charge in [-0.05, 0) is 71.6 Å². The normalized spacial score (nSPS) is 13.3. The van der Waals surface area contributed by atoms with Crippen LogP contribution in [0.25, 0.3) is 0 Å². The van der Waals surface area contributed by atoms with E-state index in [0.29, 0.717) is 21.7 Å². The van der Waals surface area contributed by atoms with Gasteiger partial charge in [0.15, 0.2) is 0 Å². The van der Waals surface area contributed by atoms with Crippen molar-refractivity contribution in [3.8, 4) is 0 Å². The van der Waals surface area contributed by atoms with Gasteiger partial charge >= 0.3 is 6.18 Å². The van der Waals surface area contributed by atoms with Crippen LogP contribution in [0.5, 0.6) is 0 Å². The Morgan fingerprint density at radius 2 is 1.51 bits per heavy atom. The first-order valence-corrected chi connectivity index (χ1v) is 15.6. The Labute approximate surface area is 263 Å². The molecule has 0 saturated carbocycles. The number of alkyl halides is 3. The van der Waals surface area contributed by atoms with Crippen LogP contribution in [0.4, 0.5) is 17.6 Å². The summed E-state index contributed by atoms with van der Waals surface area (Å²) in [4.78, 5) is 13.1. The van der Waals surface area contributed by atoms with Crippen molar-refractivity contribution in [2.75, 3.05) is 6.54 Å². The average Bonchev–Trinajstić information content (AvgIpc) is 3.00. The molecule has 4 aromatic carbocycles. The van der Waals surface area contributed by atoms with E-state index in [9.17, 15) is 35.9 Å². The van der Waals surface area contributed by atoms with Gasteiger partial charge in [0, 0.05) is 30.2 Å². The van der Waals surface area contributed by atoms with Crippen LogP contribution in [-0.4, -0.2) is 38.1 Å². The molecule has 0 aliphatic heterocycles. The van der Waals surface area contributed by atoms with Crippen molar-refractivity contribution in [2.45, 2.75) is 42.7 Å². The summed E-state index contributed by atoms with van der Waals surface area (Å²) < 4.78 is 81.1. The molecular weight excluding hydrogens is 634 g/mol. The van der Waals surface area contributed by atoms with Crippen LogP contribution in [0.3, 0.4) is 0 Å². The second-order valence-corrected chi connectivity index (χ2v) is 12.5. The van der Waals surface area contributed by atoms with Crippen LogP contribution in [0.15, 0.2) is 102 Å². The average molecular weight is 664 g/mol. The first-order valence-electron chi connectivity index (χ1n) is 13.7. The number of benzene rings is 4. The van der Waals surface area contributed by atoms with Crippen LogP contribution < -0.4 is 15.4 Å². The summed E-state index contributed by atoms with van der Waals surface area (Å²) in [5.74, 6) is -1.14. The highest BCUT2D eigenvalue weighted by Crippen LogP contribution is 2.29. The lowest BCUT2D eigenvalue weighted by atomic mass is 10.00. The molecule has 0 bridgehead atoms. The molecule has 0 heterocycles. The van der Waals surface area contributed by atoms with E-state index in [2.05, 4.69) is 15.4 Å². The smallest absolute Gasteiger partial charge is 0.390 e. The summed E-state index contributed by atoms with van der Waals surface area (Å²) in [5, 5.41) is 17.1. The van der Waals surface area contributed by atoms with Crippen molar-refractivity contribution in [2.24, 2.45) is 0 Å². The van der Waals surface area contributed by atoms with E-state index >= 15 is 0 Å². The number of nitrogens with one attached hydrogen (secondary N) is 3. The zero-order valence-electron chi connectivity index (χ0n) is 23.7. The minimum Gasteiger partial charge on any atom is -0.390 e. The molecular formula is C32H30ClF4N3O4S. The van der Waals surface area contributed by atoms with Gasteiger partial charge in [-0.1, -0.05) is 60.1 Å². The van der Waals surface area contributed by atoms with Crippen LogP contribution in [0.2, 0.25) is 5.02 Å². The fourth-order valence-electron chi connectivity index (χ4n) is 4.49. The van der Waals surface area contributed by atoms with Gasteiger partial charge in [-0.15, -0.1) is 0 Å². The van der Waals surface area contributed by atoms with Gasteiger partial charge in [-0.25, -0.2) is 17.5 Å². The number of hydrogen-bond acceptors (Lipinski definition) is 5. The Kier molecular flexibility index (Phi) is 11.3. The highest BCUT2D eigenvalue weighted by molar-refractivity contribution is 7.89. The third-order valence-corrected chi connectivity index (χ3v) is 8.48. The maximum atomic E-state index is 13.5. The molecule has 0 fully saturated rings. The zero-order valence-corrected chi connectivity index (χ0v) is 25.3. The number of amides is 1. The van der Waals surface area contributed by atoms with E-state index in [0.717, 1.165) is 12.1 Å². The molecule has 238 valence electrons. The monoisotopic (exact) mass is 663 g/mol. The van der Waals surface area contributed by atoms with Crippen molar-refractivity contribution in [1.82, 2.24) is 15.4 Å². The van der Waals surface area contributed by atoms with E-state index in [-0.39, 0.29) is 36.5 Å². The van der Waals surface area contributed by atoms with Gasteiger partial charge in [-0.3, -0.25) is 4.79 Å². The summed E-state index contributed by atoms with van der Waals surface area (Å²) in [7, 11) is -4.01. The second kappa shape index (κ2) is 15.0. The van der Waals surface area contributed by atoms with Crippen LogP contribution in [-0.2, 0) is 35.7 Å². The summed E-state index contributed by atoms with van der Waals surface area (Å²) in [6.07, 6.45) is -5.64. The highest BCUT2D eigenvalue weighted by atomic mass is 35.5. The van der Waals surface area contributed by atoms with Gasteiger partial charge in [0.2, 0.25) is 10.0 Å². The largest absolute Gasteiger partial charge is 0.416 e. The Balaban J connectivity index is 1.45. The molecule has 0 saturated heterocycles. The fraction of sp³-hybridized carbons (Fsp3) is 0.219. The SMILES string of the molecule is O=C(N[C@@H](Cc1ccc(F)cc1)[C@H](O)CNCc1cccc(C(F)(F)F)c1)c1cccc(S(=O)(=O)NCc2cccc(Cl)c2)c1. The van der Waals surface area contributed by atoms with Crippen molar-refractivity contribution in [1.29, 1.82) is 0 Å². The molecule has 7 nitrogen and oxygen atoms in total. The highest BCUT2D eigenvalue weighted by Gasteiger charge is 2.30. The zero-order chi connectivity index (χ0) is 32.6. The molecule has 4 N–H and O–H groups in total. The van der Waals surface area contributed by atoms with Crippen molar-refractivity contribution < 1.29 is 35.9 Å². The lowest BCUT2D eigenvalue weighted by Gasteiger charge is -2.25. The molecule has 4 rings (SSSR count). The first-order chi connectivity index (χ1) is 21.3. The standard InChI is InChI=1S/C32H30ClF4N3O4S/c33-26-8-2-5-23(15-26)19-39-45(43,44)28-9-3-6-24(17-28)31(42)40-29(16-21-10-12-27(34)13-11-21)30(41)20-38-18-22-4-1-7-25(14-22)32(35,36)37/h1-15,17,29-30,38-39,41H,16,18-20H2,(H,40,42)/t29-,30+/m0/s1. The Hall–Kier alpha value is -3.81. The van der Waals surface area contributed by atoms with Crippen molar-refractivity contribution >= 4 is 27.5 Å². The van der Waals surface area contributed by atoms with Gasteiger partial charge in [0.1, 0.15) is 5.82 Å². The van der Waals surface area contributed by atoms with Gasteiger partial charge < -0.3 is 15.7 Å². The quantitative estimate of drug-likeness (QED) is 0.142. The maximum absolute atomic E-state index is 13.5. The van der Waals surface area contributed by atoms with Crippen molar-refractivity contribution in [3.05, 3.63) is 136 Å². The first kappa shape index (κ1) is 34.1. The fourth-order valence-corrected chi connectivity index (χ4v) is 5.76. The molecule has 0 unspecified atom stereocenters. The topological polar surface area (TPSA) is 108 Å². The molecule has 0 aromatic heterocycles. The number of rotatable bonds is 13. The molecule has 2 atom stereocenters. The molecule has 0 radical (unpaired) electrons. The van der Waals surface area contributed by atoms with E-state index in [4.69, 9.17) is 11.6 Å². The maximum Gasteiger partial charge on any atom is 0.416 e. The van der Waals surface area contributed by atoms with Crippen LogP contribution in [0.1, 0.15) is 32.6 Å². The summed E-state index contributed by atoms with van der Waals surface area (Å²) in [5.41, 5.74) is 0.791. The lowest BCUT2D eigenvalue weighted by molar-refractivity contribution is -0.137. The van der Waals surface area contributed by atoms with Crippen LogP contribution in [0, 0.1) is 5.82 Å². The van der Waals surface area contributed by atoms with Gasteiger partial charge in [0.25, 0.3) is 5.91 Å². The number of carbonyl (C=O) groups excluding carboxylic acids is 1. The molecule has 13 heteroatoms. The van der Waals surface area contributed by atoms with E-state index in [1.807, 2.05) is 0 Å². The van der Waals surface area contributed by atoms with Crippen molar-refractivity contribution in [3.63, 3.8) is 0 Å². The molecule has 45 heavy (non-hydrogen) atoms. The van der Waals surface area contributed by atoms with Gasteiger partial charge in [0.05, 0.1) is 22.6 Å². The van der Waals surface area contributed by atoms with E-state index < -0.39 is 45.6 Å². The number of aliphatic hydroxyl groups is 1. The Morgan fingerprint density at radius 1 is 0.844 bits per heavy atom. The third kappa shape index (κ3) is 10.1. The number of aliphatic hydroxyl groups excluding tert-OH is 1. The summed E-state index contributed by atoms with van der Waals surface area (Å²) in [6.45, 7) is -0.122. The van der Waals surface area contributed by atoms with E-state index in [1.165, 1.54) is 60.7 Å². The van der Waals surface area contributed by atoms with Crippen LogP contribution >= 0.6 is 11.6 Å². The lowest BCUT2D eigenvalue weighted by Crippen LogP contribution is -2.48. The molecule has 0 spiro atoms. The number of carbonyl (C=O) groups is 1. The predicted molar refractivity (Wildman–Crippen MR) is 162 cm³/mol. The molecule has 1 amide bonds.